The number of carbonyl (C=O) groups excluding carboxylic acids is 1. The summed E-state index contributed by atoms with van der Waals surface area (Å²) in [6.45, 7) is 1.82. The lowest BCUT2D eigenvalue weighted by Crippen LogP contribution is -3.17. The number of ether oxygens (including phenoxy) is 2. The van der Waals surface area contributed by atoms with E-state index in [-0.39, 0.29) is 28.6 Å². The Morgan fingerprint density at radius 1 is 1.17 bits per heavy atom. The molecule has 1 aliphatic carbocycles. The predicted molar refractivity (Wildman–Crippen MR) is 131 cm³/mol. The molecular formula is C24H32ClN3O6S. The number of halogens is 1. The minimum absolute atomic E-state index is 0.0173. The highest BCUT2D eigenvalue weighted by molar-refractivity contribution is 7.85. The summed E-state index contributed by atoms with van der Waals surface area (Å²) in [5, 5.41) is 5.74. The molecule has 35 heavy (non-hydrogen) atoms. The number of anilines is 1. The van der Waals surface area contributed by atoms with Gasteiger partial charge in [0.25, 0.3) is 5.91 Å². The lowest BCUT2D eigenvalue weighted by molar-refractivity contribution is -0.855. The number of quaternary nitrogens is 1. The highest BCUT2D eigenvalue weighted by atomic mass is 35.5. The molecule has 1 amide bonds. The maximum Gasteiger partial charge on any atom is 0.255 e. The molecule has 1 spiro atoms. The Balaban J connectivity index is 0.000000261. The van der Waals surface area contributed by atoms with Crippen LogP contribution >= 0.6 is 11.6 Å². The summed E-state index contributed by atoms with van der Waals surface area (Å²) in [7, 11) is -1.08. The lowest BCUT2D eigenvalue weighted by atomic mass is 9.70. The maximum absolute atomic E-state index is 12.8. The van der Waals surface area contributed by atoms with Gasteiger partial charge in [-0.2, -0.15) is 0 Å². The molecule has 4 rings (SSSR count). The van der Waals surface area contributed by atoms with Gasteiger partial charge in [-0.05, 0) is 38.0 Å². The lowest BCUT2D eigenvalue weighted by Gasteiger charge is -2.52. The molecule has 2 aromatic rings. The third kappa shape index (κ3) is 6.25. The van der Waals surface area contributed by atoms with Crippen LogP contribution in [0, 0.1) is 6.92 Å². The van der Waals surface area contributed by atoms with Crippen molar-refractivity contribution in [3.63, 3.8) is 0 Å². The number of nitrogens with one attached hydrogen (secondary N) is 1. The summed E-state index contributed by atoms with van der Waals surface area (Å²) in [6, 6.07) is 8.90. The highest BCUT2D eigenvalue weighted by Gasteiger charge is 2.60. The van der Waals surface area contributed by atoms with Crippen LogP contribution in [0.25, 0.3) is 0 Å². The third-order valence-corrected chi connectivity index (χ3v) is 7.84. The fourth-order valence-electron chi connectivity index (χ4n) is 4.69. The van der Waals surface area contributed by atoms with E-state index in [4.69, 9.17) is 26.8 Å². The minimum Gasteiger partial charge on any atom is -0.744 e. The second-order valence-electron chi connectivity index (χ2n) is 8.95. The summed E-state index contributed by atoms with van der Waals surface area (Å²) >= 11 is 6.08. The first-order chi connectivity index (χ1) is 16.5. The Morgan fingerprint density at radius 3 is 2.34 bits per heavy atom. The molecule has 0 aromatic heterocycles. The van der Waals surface area contributed by atoms with E-state index in [0.717, 1.165) is 18.4 Å². The summed E-state index contributed by atoms with van der Waals surface area (Å²) in [5.74, 6) is 0.211. The monoisotopic (exact) mass is 525 g/mol. The molecular weight excluding hydrogens is 494 g/mol. The average molecular weight is 526 g/mol. The van der Waals surface area contributed by atoms with E-state index in [2.05, 4.69) is 10.6 Å². The second kappa shape index (κ2) is 11.1. The number of hydrogen-bond donors (Lipinski definition) is 3. The number of nitrogens with two attached hydrogens (primary N) is 2. The zero-order chi connectivity index (χ0) is 25.8. The third-order valence-electron chi connectivity index (χ3n) is 6.66. The number of rotatable bonds is 5. The van der Waals surface area contributed by atoms with E-state index in [9.17, 15) is 17.8 Å². The van der Waals surface area contributed by atoms with E-state index >= 15 is 0 Å². The average Bonchev–Trinajstić information content (AvgIpc) is 2.83. The molecule has 5 N–H and O–H groups in total. The Hall–Kier alpha value is -2.37. The summed E-state index contributed by atoms with van der Waals surface area (Å²) in [4.78, 5) is 12.6. The van der Waals surface area contributed by atoms with Crippen LogP contribution < -0.4 is 21.1 Å². The molecule has 2 atom stereocenters. The van der Waals surface area contributed by atoms with E-state index < -0.39 is 10.1 Å². The molecule has 1 heterocycles. The summed E-state index contributed by atoms with van der Waals surface area (Å²) in [6.07, 6.45) is 5.78. The van der Waals surface area contributed by atoms with Gasteiger partial charge in [0.2, 0.25) is 6.23 Å². The van der Waals surface area contributed by atoms with Crippen molar-refractivity contribution in [3.05, 3.63) is 52.5 Å². The van der Waals surface area contributed by atoms with Gasteiger partial charge in [0, 0.05) is 26.0 Å². The molecule has 1 saturated heterocycles. The molecule has 0 radical (unpaired) electrons. The van der Waals surface area contributed by atoms with Crippen LogP contribution in [-0.4, -0.2) is 50.9 Å². The van der Waals surface area contributed by atoms with Gasteiger partial charge in [0.1, 0.15) is 21.4 Å². The zero-order valence-electron chi connectivity index (χ0n) is 20.0. The van der Waals surface area contributed by atoms with Crippen LogP contribution in [0.15, 0.2) is 41.3 Å². The number of carbonyl (C=O) groups is 1. The molecule has 2 aromatic carbocycles. The van der Waals surface area contributed by atoms with Gasteiger partial charge in [-0.1, -0.05) is 35.7 Å². The van der Waals surface area contributed by atoms with E-state index in [1.807, 2.05) is 6.92 Å². The fraction of sp³-hybridized carbons (Fsp3) is 0.458. The van der Waals surface area contributed by atoms with E-state index in [1.54, 1.807) is 31.4 Å². The summed E-state index contributed by atoms with van der Waals surface area (Å²) in [5.41, 5.74) is 7.56. The Bertz CT molecular complexity index is 1150. The smallest absolute Gasteiger partial charge is 0.255 e. The van der Waals surface area contributed by atoms with Crippen molar-refractivity contribution in [3.8, 4) is 5.75 Å². The second-order valence-corrected chi connectivity index (χ2v) is 10.7. The number of benzene rings is 2. The Labute approximate surface area is 211 Å². The molecule has 1 aliphatic heterocycles. The first kappa shape index (κ1) is 27.2. The van der Waals surface area contributed by atoms with Crippen LogP contribution in [-0.2, 0) is 14.9 Å². The van der Waals surface area contributed by atoms with Crippen molar-refractivity contribution >= 4 is 33.3 Å². The number of aryl methyl sites for hydroxylation is 1. The van der Waals surface area contributed by atoms with Gasteiger partial charge in [0.05, 0.1) is 28.3 Å². The van der Waals surface area contributed by atoms with Gasteiger partial charge in [0.15, 0.2) is 6.04 Å². The normalized spacial score (nSPS) is 20.8. The zero-order valence-corrected chi connectivity index (χ0v) is 21.6. The number of amides is 1. The van der Waals surface area contributed by atoms with Crippen molar-refractivity contribution in [1.82, 2.24) is 5.32 Å². The van der Waals surface area contributed by atoms with Crippen LogP contribution in [0.3, 0.4) is 0 Å². The molecule has 0 bridgehead atoms. The number of hydrogen-bond acceptors (Lipinski definition) is 7. The number of nitrogen functional groups attached to an aromatic ring is 1. The fourth-order valence-corrected chi connectivity index (χ4v) is 5.33. The first-order valence-corrected chi connectivity index (χ1v) is 13.1. The molecule has 1 saturated carbocycles. The molecule has 2 fully saturated rings. The minimum atomic E-state index is -4.27. The Kier molecular flexibility index (Phi) is 8.66. The van der Waals surface area contributed by atoms with Crippen LogP contribution in [0.2, 0.25) is 5.02 Å². The highest BCUT2D eigenvalue weighted by Crippen LogP contribution is 2.34. The maximum atomic E-state index is 12.8. The van der Waals surface area contributed by atoms with Crippen LogP contribution in [0.4, 0.5) is 5.69 Å². The largest absolute Gasteiger partial charge is 0.744 e. The van der Waals surface area contributed by atoms with Gasteiger partial charge in [-0.25, -0.2) is 8.42 Å². The van der Waals surface area contributed by atoms with Gasteiger partial charge in [-0.15, -0.1) is 0 Å². The van der Waals surface area contributed by atoms with E-state index in [1.165, 1.54) is 38.5 Å². The molecule has 2 aliphatic rings. The van der Waals surface area contributed by atoms with Gasteiger partial charge >= 0.3 is 0 Å². The Morgan fingerprint density at radius 2 is 1.80 bits per heavy atom. The molecule has 192 valence electrons. The van der Waals surface area contributed by atoms with Crippen LogP contribution in [0.1, 0.15) is 48.0 Å². The predicted octanol–water partition coefficient (Wildman–Crippen LogP) is 2.18. The molecule has 11 heteroatoms. The van der Waals surface area contributed by atoms with Gasteiger partial charge < -0.3 is 30.4 Å². The number of methoxy groups -OCH3 is 2. The SMILES string of the molecule is COc1cc(N)c(Cl)cc1C(=O)N[C@@H]1[C@H](OC)[NH2+]C12CCCCC2.Cc1ccc(S(=O)(=O)[O-])cc1. The summed E-state index contributed by atoms with van der Waals surface area (Å²) < 4.78 is 42.0. The topological polar surface area (TPSA) is 147 Å². The van der Waals surface area contributed by atoms with E-state index in [0.29, 0.717) is 22.0 Å². The quantitative estimate of drug-likeness (QED) is 0.400. The standard InChI is InChI=1S/C17H24ClN3O3.C7H8O3S/c1-23-13-9-12(19)11(18)8-10(13)15(22)20-14-16(24-2)21-17(14)6-4-3-5-7-17;1-6-2-4-7(5-3-6)11(8,9)10/h8-9,14,16,21H,3-7,19H2,1-2H3,(H,20,22);2-5H,1H3,(H,8,9,10)/t14-,16+;/m1./s1. The first-order valence-electron chi connectivity index (χ1n) is 11.4. The van der Waals surface area contributed by atoms with Crippen molar-refractivity contribution in [2.24, 2.45) is 0 Å². The molecule has 0 unspecified atom stereocenters. The molecule has 9 nitrogen and oxygen atoms in total. The van der Waals surface area contributed by atoms with Crippen molar-refractivity contribution < 1.29 is 32.6 Å². The van der Waals surface area contributed by atoms with Crippen molar-refractivity contribution in [2.75, 3.05) is 20.0 Å². The van der Waals surface area contributed by atoms with Crippen molar-refractivity contribution in [1.29, 1.82) is 0 Å². The van der Waals surface area contributed by atoms with Crippen LogP contribution in [0.5, 0.6) is 5.75 Å². The van der Waals surface area contributed by atoms with Gasteiger partial charge in [-0.3, -0.25) is 4.79 Å². The van der Waals surface area contributed by atoms with Crippen molar-refractivity contribution in [2.45, 2.75) is 61.7 Å².